The standard InChI is InChI=1S/C18H14BrN5OS/c1-10(25)24-3-2-12-13(5-20)17(23)18(8-21,9-22)16(14(12)6-24)15-4-11(19)7-26-15/h2,4,7,14,16H,3,6,23H2,1H3. The molecule has 3 rings (SSSR count). The SMILES string of the molecule is CC(=O)N1CC=C2C(C#N)=C(N)C(C#N)(C#N)C(c3cc(Br)cs3)C2C1. The Hall–Kier alpha value is -2.60. The van der Waals surface area contributed by atoms with E-state index in [1.807, 2.05) is 17.5 Å². The highest BCUT2D eigenvalue weighted by Gasteiger charge is 2.55. The second-order valence-electron chi connectivity index (χ2n) is 6.27. The first kappa shape index (κ1) is 18.2. The molecular formula is C18H14BrN5OS. The first-order valence-corrected chi connectivity index (χ1v) is 9.49. The molecule has 2 atom stereocenters. The number of thiophene rings is 1. The molecule has 0 fully saturated rings. The van der Waals surface area contributed by atoms with Crippen LogP contribution in [-0.2, 0) is 4.79 Å². The van der Waals surface area contributed by atoms with Gasteiger partial charge < -0.3 is 10.6 Å². The molecule has 1 aliphatic heterocycles. The minimum Gasteiger partial charge on any atom is -0.399 e. The molecule has 0 aromatic carbocycles. The smallest absolute Gasteiger partial charge is 0.219 e. The van der Waals surface area contributed by atoms with E-state index in [1.165, 1.54) is 18.3 Å². The summed E-state index contributed by atoms with van der Waals surface area (Å²) >= 11 is 4.84. The van der Waals surface area contributed by atoms with Crippen molar-refractivity contribution in [1.29, 1.82) is 15.8 Å². The molecule has 0 saturated carbocycles. The monoisotopic (exact) mass is 427 g/mol. The molecule has 0 saturated heterocycles. The van der Waals surface area contributed by atoms with Gasteiger partial charge in [-0.05, 0) is 27.6 Å². The number of fused-ring (bicyclic) bond motifs is 1. The number of amides is 1. The Balaban J connectivity index is 2.30. The van der Waals surface area contributed by atoms with E-state index < -0.39 is 11.3 Å². The number of rotatable bonds is 1. The predicted molar refractivity (Wildman–Crippen MR) is 99.1 cm³/mol. The van der Waals surface area contributed by atoms with Crippen molar-refractivity contribution in [3.8, 4) is 18.2 Å². The van der Waals surface area contributed by atoms with Crippen molar-refractivity contribution in [2.24, 2.45) is 17.1 Å². The predicted octanol–water partition coefficient (Wildman–Crippen LogP) is 2.78. The van der Waals surface area contributed by atoms with Crippen molar-refractivity contribution in [3.05, 3.63) is 43.7 Å². The van der Waals surface area contributed by atoms with Crippen molar-refractivity contribution in [3.63, 3.8) is 0 Å². The molecule has 0 bridgehead atoms. The molecule has 2 N–H and O–H groups in total. The molecule has 2 heterocycles. The third kappa shape index (κ3) is 2.52. The molecule has 2 aliphatic rings. The van der Waals surface area contributed by atoms with Crippen LogP contribution in [0.25, 0.3) is 0 Å². The van der Waals surface area contributed by atoms with Crippen molar-refractivity contribution in [2.45, 2.75) is 12.8 Å². The van der Waals surface area contributed by atoms with Crippen molar-refractivity contribution < 1.29 is 4.79 Å². The van der Waals surface area contributed by atoms with E-state index in [9.17, 15) is 20.6 Å². The second-order valence-corrected chi connectivity index (χ2v) is 8.13. The average Bonchev–Trinajstić information content (AvgIpc) is 3.06. The van der Waals surface area contributed by atoms with Crippen LogP contribution in [0.3, 0.4) is 0 Å². The molecule has 2 unspecified atom stereocenters. The molecule has 0 radical (unpaired) electrons. The summed E-state index contributed by atoms with van der Waals surface area (Å²) in [5, 5.41) is 31.4. The molecule has 1 aliphatic carbocycles. The van der Waals surface area contributed by atoms with Crippen LogP contribution < -0.4 is 5.73 Å². The van der Waals surface area contributed by atoms with E-state index in [4.69, 9.17) is 5.73 Å². The Labute approximate surface area is 163 Å². The Kier molecular flexibility index (Phi) is 4.63. The van der Waals surface area contributed by atoms with Gasteiger partial charge >= 0.3 is 0 Å². The van der Waals surface area contributed by atoms with E-state index in [0.29, 0.717) is 13.1 Å². The van der Waals surface area contributed by atoms with Crippen LogP contribution in [0.4, 0.5) is 0 Å². The fraction of sp³-hybridized carbons (Fsp3) is 0.333. The summed E-state index contributed by atoms with van der Waals surface area (Å²) < 4.78 is 0.848. The number of nitrogens with two attached hydrogens (primary N) is 1. The number of hydrogen-bond acceptors (Lipinski definition) is 6. The van der Waals surface area contributed by atoms with Gasteiger partial charge in [-0.25, -0.2) is 0 Å². The number of nitrogens with zero attached hydrogens (tertiary/aromatic N) is 4. The summed E-state index contributed by atoms with van der Waals surface area (Å²) in [5.74, 6) is -0.995. The average molecular weight is 428 g/mol. The minimum absolute atomic E-state index is 0.00158. The summed E-state index contributed by atoms with van der Waals surface area (Å²) in [4.78, 5) is 14.4. The topological polar surface area (TPSA) is 118 Å². The van der Waals surface area contributed by atoms with Gasteiger partial charge in [-0.2, -0.15) is 15.8 Å². The van der Waals surface area contributed by atoms with Crippen LogP contribution in [0, 0.1) is 45.3 Å². The summed E-state index contributed by atoms with van der Waals surface area (Å²) in [6, 6.07) is 8.10. The summed E-state index contributed by atoms with van der Waals surface area (Å²) in [6.07, 6.45) is 1.81. The molecule has 1 aromatic heterocycles. The highest BCUT2D eigenvalue weighted by atomic mass is 79.9. The lowest BCUT2D eigenvalue weighted by Crippen LogP contribution is -2.48. The molecule has 6 nitrogen and oxygen atoms in total. The summed E-state index contributed by atoms with van der Waals surface area (Å²) in [7, 11) is 0. The largest absolute Gasteiger partial charge is 0.399 e. The third-order valence-corrected chi connectivity index (χ3v) is 6.78. The Morgan fingerprint density at radius 1 is 1.42 bits per heavy atom. The maximum Gasteiger partial charge on any atom is 0.219 e. The molecule has 1 aromatic rings. The minimum atomic E-state index is -1.66. The number of carbonyl (C=O) groups is 1. The van der Waals surface area contributed by atoms with Crippen LogP contribution in [-0.4, -0.2) is 23.9 Å². The van der Waals surface area contributed by atoms with Gasteiger partial charge in [0, 0.05) is 46.6 Å². The number of halogens is 1. The maximum absolute atomic E-state index is 11.9. The lowest BCUT2D eigenvalue weighted by Gasteiger charge is -2.44. The highest BCUT2D eigenvalue weighted by Crippen LogP contribution is 2.55. The third-order valence-electron chi connectivity index (χ3n) is 5.00. The molecule has 26 heavy (non-hydrogen) atoms. The molecule has 0 spiro atoms. The lowest BCUT2D eigenvalue weighted by molar-refractivity contribution is -0.129. The van der Waals surface area contributed by atoms with E-state index in [0.717, 1.165) is 14.9 Å². The number of hydrogen-bond donors (Lipinski definition) is 1. The van der Waals surface area contributed by atoms with Gasteiger partial charge in [0.05, 0.1) is 23.4 Å². The Morgan fingerprint density at radius 2 is 2.12 bits per heavy atom. The zero-order chi connectivity index (χ0) is 19.1. The van der Waals surface area contributed by atoms with E-state index >= 15 is 0 Å². The molecular weight excluding hydrogens is 414 g/mol. The van der Waals surface area contributed by atoms with Crippen LogP contribution in [0.2, 0.25) is 0 Å². The Morgan fingerprint density at radius 3 is 2.62 bits per heavy atom. The molecule has 130 valence electrons. The zero-order valence-electron chi connectivity index (χ0n) is 13.9. The highest BCUT2D eigenvalue weighted by molar-refractivity contribution is 9.10. The lowest BCUT2D eigenvalue weighted by atomic mass is 9.59. The van der Waals surface area contributed by atoms with Gasteiger partial charge in [-0.1, -0.05) is 6.08 Å². The van der Waals surface area contributed by atoms with Crippen molar-refractivity contribution in [2.75, 3.05) is 13.1 Å². The number of carbonyl (C=O) groups excluding carboxylic acids is 1. The normalized spacial score (nSPS) is 24.0. The van der Waals surface area contributed by atoms with Crippen LogP contribution in [0.15, 0.2) is 38.8 Å². The van der Waals surface area contributed by atoms with Crippen molar-refractivity contribution in [1.82, 2.24) is 4.90 Å². The fourth-order valence-corrected chi connectivity index (χ4v) is 5.41. The summed E-state index contributed by atoms with van der Waals surface area (Å²) in [6.45, 7) is 2.20. The van der Waals surface area contributed by atoms with Gasteiger partial charge in [-0.15, -0.1) is 11.3 Å². The van der Waals surface area contributed by atoms with Crippen molar-refractivity contribution >= 4 is 33.2 Å². The summed E-state index contributed by atoms with van der Waals surface area (Å²) in [5.41, 5.74) is 5.46. The maximum atomic E-state index is 11.9. The van der Waals surface area contributed by atoms with Gasteiger partial charge in [0.1, 0.15) is 6.07 Å². The van der Waals surface area contributed by atoms with E-state index in [-0.39, 0.29) is 23.1 Å². The van der Waals surface area contributed by atoms with Crippen LogP contribution in [0.5, 0.6) is 0 Å². The first-order chi connectivity index (χ1) is 12.4. The van der Waals surface area contributed by atoms with Gasteiger partial charge in [0.2, 0.25) is 5.91 Å². The second kappa shape index (κ2) is 6.61. The molecule has 8 heteroatoms. The zero-order valence-corrected chi connectivity index (χ0v) is 16.3. The van der Waals surface area contributed by atoms with Gasteiger partial charge in [0.15, 0.2) is 5.41 Å². The Bertz CT molecular complexity index is 957. The van der Waals surface area contributed by atoms with Gasteiger partial charge in [0.25, 0.3) is 0 Å². The number of nitriles is 3. The quantitative estimate of drug-likeness (QED) is 0.738. The molecule has 1 amide bonds. The fourth-order valence-electron chi connectivity index (χ4n) is 3.73. The van der Waals surface area contributed by atoms with Gasteiger partial charge in [-0.3, -0.25) is 4.79 Å². The van der Waals surface area contributed by atoms with Crippen LogP contribution in [0.1, 0.15) is 17.7 Å². The number of allylic oxidation sites excluding steroid dienone is 2. The van der Waals surface area contributed by atoms with E-state index in [2.05, 4.69) is 34.1 Å². The van der Waals surface area contributed by atoms with Crippen LogP contribution >= 0.6 is 27.3 Å². The van der Waals surface area contributed by atoms with E-state index in [1.54, 1.807) is 4.90 Å². The first-order valence-electron chi connectivity index (χ1n) is 7.82.